The number of hydrogen-bond acceptors (Lipinski definition) is 2. The molecule has 0 aromatic heterocycles. The van der Waals surface area contributed by atoms with Gasteiger partial charge in [0.1, 0.15) is 0 Å². The van der Waals surface area contributed by atoms with Gasteiger partial charge in [-0.25, -0.2) is 0 Å². The number of carbonyl (C=O) groups is 1. The summed E-state index contributed by atoms with van der Waals surface area (Å²) in [6.45, 7) is 0. The molecule has 0 aliphatic carbocycles. The van der Waals surface area contributed by atoms with Gasteiger partial charge >= 0.3 is 0 Å². The molecule has 2 aromatic rings. The molecule has 1 heterocycles. The Morgan fingerprint density at radius 2 is 1.65 bits per heavy atom. The number of amides is 1. The summed E-state index contributed by atoms with van der Waals surface area (Å²) in [4.78, 5) is 12.2. The van der Waals surface area contributed by atoms with Gasteiger partial charge in [-0.15, -0.1) is 0 Å². The van der Waals surface area contributed by atoms with E-state index >= 15 is 0 Å². The molecule has 0 bridgehead atoms. The smallest absolute Gasteiger partial charge is 0.265 e. The van der Waals surface area contributed by atoms with Gasteiger partial charge in [-0.05, 0) is 12.1 Å². The van der Waals surface area contributed by atoms with E-state index in [0.29, 0.717) is 11.3 Å². The first-order valence-corrected chi connectivity index (χ1v) is 6.87. The maximum atomic E-state index is 12.2. The predicted octanol–water partition coefficient (Wildman–Crippen LogP) is 3.83. The Hall–Kier alpha value is -1.26. The molecule has 0 saturated heterocycles. The fraction of sp³-hybridized carbons (Fsp3) is 0.0714. The standard InChI is InChI=1S/C14H8Cl3NO2/c15-9-6-5-8(11(16)12(9)17)14(20)7-3-1-2-4-10(7)18-13(14)19/h1-6,20H,(H,18,19). The molecule has 102 valence electrons. The molecule has 1 aliphatic rings. The fourth-order valence-electron chi connectivity index (χ4n) is 2.32. The Morgan fingerprint density at radius 1 is 0.950 bits per heavy atom. The van der Waals surface area contributed by atoms with Crippen LogP contribution < -0.4 is 5.32 Å². The van der Waals surface area contributed by atoms with Gasteiger partial charge in [0.25, 0.3) is 5.91 Å². The van der Waals surface area contributed by atoms with E-state index in [1.54, 1.807) is 24.3 Å². The Kier molecular flexibility index (Phi) is 3.18. The number of fused-ring (bicyclic) bond motifs is 1. The van der Waals surface area contributed by atoms with Crippen molar-refractivity contribution in [1.82, 2.24) is 0 Å². The second kappa shape index (κ2) is 4.64. The number of carbonyl (C=O) groups excluding carboxylic acids is 1. The first-order valence-electron chi connectivity index (χ1n) is 5.73. The molecule has 2 aromatic carbocycles. The summed E-state index contributed by atoms with van der Waals surface area (Å²) < 4.78 is 0. The van der Waals surface area contributed by atoms with Crippen molar-refractivity contribution in [1.29, 1.82) is 0 Å². The number of para-hydroxylation sites is 1. The zero-order chi connectivity index (χ0) is 14.5. The number of nitrogens with one attached hydrogen (secondary N) is 1. The third-order valence-electron chi connectivity index (χ3n) is 3.32. The van der Waals surface area contributed by atoms with Crippen LogP contribution in [0.3, 0.4) is 0 Å². The minimum atomic E-state index is -1.87. The SMILES string of the molecule is O=C1Nc2ccccc2C1(O)c1ccc(Cl)c(Cl)c1Cl. The summed E-state index contributed by atoms with van der Waals surface area (Å²) >= 11 is 18.0. The highest BCUT2D eigenvalue weighted by molar-refractivity contribution is 6.48. The summed E-state index contributed by atoms with van der Waals surface area (Å²) in [5, 5.41) is 13.9. The molecule has 0 saturated carbocycles. The van der Waals surface area contributed by atoms with Gasteiger partial charge in [-0.3, -0.25) is 4.79 Å². The van der Waals surface area contributed by atoms with Crippen molar-refractivity contribution in [2.75, 3.05) is 5.32 Å². The molecule has 6 heteroatoms. The minimum Gasteiger partial charge on any atom is -0.372 e. The maximum Gasteiger partial charge on any atom is 0.265 e. The lowest BCUT2D eigenvalue weighted by Gasteiger charge is -2.23. The average Bonchev–Trinajstić information content (AvgIpc) is 2.69. The molecule has 0 radical (unpaired) electrons. The Balaban J connectivity index is 2.29. The normalized spacial score (nSPS) is 20.7. The average molecular weight is 329 g/mol. The molecule has 0 spiro atoms. The van der Waals surface area contributed by atoms with Crippen molar-refractivity contribution >= 4 is 46.4 Å². The van der Waals surface area contributed by atoms with Crippen LogP contribution in [0, 0.1) is 0 Å². The molecule has 1 unspecified atom stereocenters. The van der Waals surface area contributed by atoms with Gasteiger partial charge in [-0.2, -0.15) is 0 Å². The molecule has 3 rings (SSSR count). The van der Waals surface area contributed by atoms with Crippen LogP contribution in [-0.4, -0.2) is 11.0 Å². The lowest BCUT2D eigenvalue weighted by molar-refractivity contribution is -0.129. The van der Waals surface area contributed by atoms with Crippen molar-refractivity contribution < 1.29 is 9.90 Å². The molecule has 2 N–H and O–H groups in total. The number of hydrogen-bond donors (Lipinski definition) is 2. The Bertz CT molecular complexity index is 732. The van der Waals surface area contributed by atoms with Gasteiger partial charge in [0.2, 0.25) is 0 Å². The summed E-state index contributed by atoms with van der Waals surface area (Å²) in [5.74, 6) is -0.570. The zero-order valence-corrected chi connectivity index (χ0v) is 12.2. The lowest BCUT2D eigenvalue weighted by atomic mass is 9.87. The molecular formula is C14H8Cl3NO2. The van der Waals surface area contributed by atoms with Crippen LogP contribution in [0.15, 0.2) is 36.4 Å². The second-order valence-corrected chi connectivity index (χ2v) is 5.60. The van der Waals surface area contributed by atoms with Crippen LogP contribution in [0.2, 0.25) is 15.1 Å². The van der Waals surface area contributed by atoms with Gasteiger partial charge < -0.3 is 10.4 Å². The molecule has 0 fully saturated rings. The molecule has 1 amide bonds. The monoisotopic (exact) mass is 327 g/mol. The largest absolute Gasteiger partial charge is 0.372 e. The van der Waals surface area contributed by atoms with Crippen molar-refractivity contribution in [3.63, 3.8) is 0 Å². The van der Waals surface area contributed by atoms with Gasteiger partial charge in [0, 0.05) is 16.8 Å². The zero-order valence-electron chi connectivity index (χ0n) is 9.95. The van der Waals surface area contributed by atoms with E-state index in [1.807, 2.05) is 0 Å². The minimum absolute atomic E-state index is 0.0634. The number of aliphatic hydroxyl groups is 1. The third-order valence-corrected chi connectivity index (χ3v) is 4.61. The third kappa shape index (κ3) is 1.75. The highest BCUT2D eigenvalue weighted by Gasteiger charge is 2.48. The van der Waals surface area contributed by atoms with Crippen LogP contribution in [0.4, 0.5) is 5.69 Å². The van der Waals surface area contributed by atoms with E-state index < -0.39 is 11.5 Å². The maximum absolute atomic E-state index is 12.2. The topological polar surface area (TPSA) is 49.3 Å². The van der Waals surface area contributed by atoms with Crippen molar-refractivity contribution in [3.8, 4) is 0 Å². The van der Waals surface area contributed by atoms with Gasteiger partial charge in [0.05, 0.1) is 15.1 Å². The van der Waals surface area contributed by atoms with E-state index in [4.69, 9.17) is 34.8 Å². The Morgan fingerprint density at radius 3 is 2.40 bits per heavy atom. The summed E-state index contributed by atoms with van der Waals surface area (Å²) in [7, 11) is 0. The number of halogens is 3. The van der Waals surface area contributed by atoms with E-state index in [2.05, 4.69) is 5.32 Å². The van der Waals surface area contributed by atoms with E-state index in [9.17, 15) is 9.90 Å². The summed E-state index contributed by atoms with van der Waals surface area (Å²) in [6, 6.07) is 9.86. The lowest BCUT2D eigenvalue weighted by Crippen LogP contribution is -2.35. The molecule has 20 heavy (non-hydrogen) atoms. The van der Waals surface area contributed by atoms with Crippen LogP contribution in [0.5, 0.6) is 0 Å². The van der Waals surface area contributed by atoms with Crippen molar-refractivity contribution in [2.45, 2.75) is 5.60 Å². The number of benzene rings is 2. The van der Waals surface area contributed by atoms with E-state index in [1.165, 1.54) is 12.1 Å². The van der Waals surface area contributed by atoms with Crippen molar-refractivity contribution in [2.24, 2.45) is 0 Å². The van der Waals surface area contributed by atoms with Gasteiger partial charge in [-0.1, -0.05) is 59.1 Å². The number of anilines is 1. The highest BCUT2D eigenvalue weighted by atomic mass is 35.5. The quantitative estimate of drug-likeness (QED) is 0.782. The summed E-state index contributed by atoms with van der Waals surface area (Å²) in [5.41, 5.74) is -0.689. The van der Waals surface area contributed by atoms with Crippen LogP contribution >= 0.6 is 34.8 Å². The molecule has 1 aliphatic heterocycles. The Labute approximate surface area is 130 Å². The first kappa shape index (κ1) is 13.7. The molecule has 3 nitrogen and oxygen atoms in total. The first-order chi connectivity index (χ1) is 9.46. The van der Waals surface area contributed by atoms with E-state index in [0.717, 1.165) is 0 Å². The highest BCUT2D eigenvalue weighted by Crippen LogP contribution is 2.45. The van der Waals surface area contributed by atoms with E-state index in [-0.39, 0.29) is 20.6 Å². The fourth-order valence-corrected chi connectivity index (χ4v) is 2.99. The molecular weight excluding hydrogens is 321 g/mol. The number of rotatable bonds is 1. The molecule has 1 atom stereocenters. The van der Waals surface area contributed by atoms with Crippen LogP contribution in [-0.2, 0) is 10.4 Å². The van der Waals surface area contributed by atoms with Crippen LogP contribution in [0.25, 0.3) is 0 Å². The van der Waals surface area contributed by atoms with Gasteiger partial charge in [0.15, 0.2) is 5.60 Å². The van der Waals surface area contributed by atoms with Crippen LogP contribution in [0.1, 0.15) is 11.1 Å². The summed E-state index contributed by atoms with van der Waals surface area (Å²) in [6.07, 6.45) is 0. The second-order valence-electron chi connectivity index (χ2n) is 4.43. The van der Waals surface area contributed by atoms with Crippen molar-refractivity contribution in [3.05, 3.63) is 62.6 Å². The predicted molar refractivity (Wildman–Crippen MR) is 79.5 cm³/mol.